The highest BCUT2D eigenvalue weighted by Crippen LogP contribution is 2.40. The molecule has 8 aromatic carbocycles. The van der Waals surface area contributed by atoms with Gasteiger partial charge in [-0.1, -0.05) is 149 Å². The molecule has 0 aliphatic carbocycles. The van der Waals surface area contributed by atoms with Crippen LogP contribution in [-0.4, -0.2) is 9.13 Å². The Morgan fingerprint density at radius 2 is 0.836 bits per heavy atom. The number of aryl methyl sites for hydroxylation is 2. The van der Waals surface area contributed by atoms with Crippen LogP contribution in [0.4, 0.5) is 0 Å². The van der Waals surface area contributed by atoms with Crippen molar-refractivity contribution in [2.24, 2.45) is 0 Å². The molecule has 0 aliphatic heterocycles. The number of hydrogen-bond donors (Lipinski definition) is 0. The van der Waals surface area contributed by atoms with Crippen LogP contribution in [-0.2, 0) is 0 Å². The molecule has 0 saturated heterocycles. The van der Waals surface area contributed by atoms with Crippen LogP contribution in [0.1, 0.15) is 38.8 Å². The van der Waals surface area contributed by atoms with E-state index in [1.54, 1.807) is 0 Å². The molecule has 0 atom stereocenters. The summed E-state index contributed by atoms with van der Waals surface area (Å²) in [4.78, 5) is 0. The summed E-state index contributed by atoms with van der Waals surface area (Å²) in [5, 5.41) is 5.04. The van der Waals surface area contributed by atoms with Gasteiger partial charge in [-0.05, 0) is 131 Å². The lowest BCUT2D eigenvalue weighted by Crippen LogP contribution is -1.98. The maximum Gasteiger partial charge on any atom is 0.0540 e. The first-order chi connectivity index (χ1) is 30.1. The third kappa shape index (κ3) is 7.15. The largest absolute Gasteiger partial charge is 0.309 e. The quantitative estimate of drug-likeness (QED) is 0.158. The monoisotopic (exact) mass is 806 g/mol. The van der Waals surface area contributed by atoms with Crippen molar-refractivity contribution in [2.45, 2.75) is 41.5 Å². The molecule has 0 bridgehead atoms. The third-order valence-corrected chi connectivity index (χ3v) is 12.8. The Hall–Kier alpha value is -6.94. The van der Waals surface area contributed by atoms with Gasteiger partial charge in [-0.3, -0.25) is 0 Å². The minimum Gasteiger partial charge on any atom is -0.309 e. The molecule has 0 spiro atoms. The van der Waals surface area contributed by atoms with Crippen LogP contribution in [0.3, 0.4) is 0 Å². The minimum absolute atomic E-state index is 1.16. The second kappa shape index (κ2) is 17.0. The van der Waals surface area contributed by atoms with Crippen molar-refractivity contribution in [3.8, 4) is 56.1 Å². The van der Waals surface area contributed by atoms with Gasteiger partial charge in [0.1, 0.15) is 0 Å². The molecule has 3 aromatic heterocycles. The lowest BCUT2D eigenvalue weighted by Gasteiger charge is -2.16. The van der Waals surface area contributed by atoms with Gasteiger partial charge in [-0.2, -0.15) is 0 Å². The molecule has 11 aromatic rings. The van der Waals surface area contributed by atoms with Gasteiger partial charge >= 0.3 is 0 Å². The van der Waals surface area contributed by atoms with E-state index in [0.717, 1.165) is 5.69 Å². The zero-order valence-corrected chi connectivity index (χ0v) is 36.6. The van der Waals surface area contributed by atoms with Crippen molar-refractivity contribution in [1.29, 1.82) is 0 Å². The lowest BCUT2D eigenvalue weighted by atomic mass is 9.96. The van der Waals surface area contributed by atoms with Gasteiger partial charge in [0.05, 0.1) is 22.4 Å². The molecule has 61 heavy (non-hydrogen) atoms. The van der Waals surface area contributed by atoms with E-state index in [0.29, 0.717) is 0 Å². The molecule has 2 nitrogen and oxygen atoms in total. The van der Waals surface area contributed by atoms with Gasteiger partial charge < -0.3 is 9.13 Å². The molecule has 11 rings (SSSR count). The van der Waals surface area contributed by atoms with Crippen molar-refractivity contribution < 1.29 is 0 Å². The zero-order chi connectivity index (χ0) is 42.0. The van der Waals surface area contributed by atoms with Crippen LogP contribution in [0.2, 0.25) is 0 Å². The number of benzene rings is 8. The second-order valence-corrected chi connectivity index (χ2v) is 16.2. The number of rotatable bonds is 6. The van der Waals surface area contributed by atoms with E-state index in [1.807, 2.05) is 39.0 Å². The summed E-state index contributed by atoms with van der Waals surface area (Å²) in [5.41, 5.74) is 17.0. The van der Waals surface area contributed by atoms with E-state index >= 15 is 0 Å². The number of hydrogen-bond acceptors (Lipinski definition) is 1. The topological polar surface area (TPSA) is 9.86 Å². The average molecular weight is 807 g/mol. The molecular formula is C58H50N2S. The van der Waals surface area contributed by atoms with Gasteiger partial charge in [-0.25, -0.2) is 0 Å². The predicted octanol–water partition coefficient (Wildman–Crippen LogP) is 17.3. The number of fused-ring (bicyclic) bond motifs is 5. The fourth-order valence-electron chi connectivity index (χ4n) is 8.76. The normalized spacial score (nSPS) is 11.1. The molecule has 0 amide bonds. The standard InChI is InChI=1S/C54H38N2S.2C2H6/c1-35-13-9-10-18-45(35)47-33-43(24-21-36(47)2)55-49-26-22-39(29-41(49)31-51(55)37-14-5-3-6-15-37)40-23-27-50-42(30-40)32-52(38-16-7-4-8-17-38)56(50)44-25-28-54-48(34-44)46-19-11-12-20-53(46)57-54;2*1-2/h3-34H,1-2H3;2*1-2H3. The van der Waals surface area contributed by atoms with Gasteiger partial charge in [0.2, 0.25) is 0 Å². The SMILES string of the molecule is CC.CC.Cc1ccccc1-c1cc(-n2c(-c3ccccc3)cc3cc(-c4ccc5c(c4)cc(-c4ccccc4)n5-c4ccc5sc6ccccc6c5c4)ccc32)ccc1C. The summed E-state index contributed by atoms with van der Waals surface area (Å²) in [6.07, 6.45) is 0. The van der Waals surface area contributed by atoms with E-state index in [9.17, 15) is 0 Å². The first-order valence-corrected chi connectivity index (χ1v) is 22.4. The Morgan fingerprint density at radius 1 is 0.344 bits per heavy atom. The average Bonchev–Trinajstić information content (AvgIpc) is 4.02. The van der Waals surface area contributed by atoms with Crippen molar-refractivity contribution in [3.05, 3.63) is 205 Å². The molecule has 0 unspecified atom stereocenters. The Kier molecular flexibility index (Phi) is 11.0. The van der Waals surface area contributed by atoms with E-state index in [-0.39, 0.29) is 0 Å². The summed E-state index contributed by atoms with van der Waals surface area (Å²) in [6.45, 7) is 12.4. The molecule has 3 heteroatoms. The molecule has 0 fully saturated rings. The highest BCUT2D eigenvalue weighted by Gasteiger charge is 2.18. The second-order valence-electron chi connectivity index (χ2n) is 15.1. The first kappa shape index (κ1) is 39.5. The summed E-state index contributed by atoms with van der Waals surface area (Å²) in [6, 6.07) is 71.4. The smallest absolute Gasteiger partial charge is 0.0540 e. The predicted molar refractivity (Wildman–Crippen MR) is 267 cm³/mol. The maximum absolute atomic E-state index is 2.43. The molecule has 0 N–H and O–H groups in total. The minimum atomic E-state index is 1.16. The van der Waals surface area contributed by atoms with Crippen LogP contribution in [0, 0.1) is 13.8 Å². The van der Waals surface area contributed by atoms with Crippen LogP contribution >= 0.6 is 11.3 Å². The number of aromatic nitrogens is 2. The molecule has 0 saturated carbocycles. The Bertz CT molecular complexity index is 3310. The number of thiophene rings is 1. The van der Waals surface area contributed by atoms with Crippen molar-refractivity contribution in [3.63, 3.8) is 0 Å². The van der Waals surface area contributed by atoms with Gasteiger partial charge in [0, 0.05) is 42.3 Å². The van der Waals surface area contributed by atoms with E-state index in [2.05, 4.69) is 217 Å². The van der Waals surface area contributed by atoms with E-state index in [4.69, 9.17) is 0 Å². The summed E-state index contributed by atoms with van der Waals surface area (Å²) < 4.78 is 7.50. The first-order valence-electron chi connectivity index (χ1n) is 21.6. The van der Waals surface area contributed by atoms with Gasteiger partial charge in [0.15, 0.2) is 0 Å². The van der Waals surface area contributed by atoms with Crippen LogP contribution in [0.15, 0.2) is 194 Å². The summed E-state index contributed by atoms with van der Waals surface area (Å²) >= 11 is 1.86. The van der Waals surface area contributed by atoms with Gasteiger partial charge in [-0.15, -0.1) is 11.3 Å². The molecular weight excluding hydrogens is 757 g/mol. The van der Waals surface area contributed by atoms with Crippen molar-refractivity contribution in [1.82, 2.24) is 9.13 Å². The molecule has 0 aliphatic rings. The fourth-order valence-corrected chi connectivity index (χ4v) is 9.84. The summed E-state index contributed by atoms with van der Waals surface area (Å²) in [7, 11) is 0. The van der Waals surface area contributed by atoms with Crippen LogP contribution in [0.5, 0.6) is 0 Å². The fraction of sp³-hybridized carbons (Fsp3) is 0.103. The Morgan fingerprint density at radius 3 is 1.44 bits per heavy atom. The number of nitrogens with zero attached hydrogens (tertiary/aromatic N) is 2. The summed E-state index contributed by atoms with van der Waals surface area (Å²) in [5.74, 6) is 0. The molecule has 3 heterocycles. The van der Waals surface area contributed by atoms with E-state index < -0.39 is 0 Å². The van der Waals surface area contributed by atoms with Crippen LogP contribution < -0.4 is 0 Å². The maximum atomic E-state index is 2.43. The zero-order valence-electron chi connectivity index (χ0n) is 35.8. The van der Waals surface area contributed by atoms with Crippen LogP contribution in [0.25, 0.3) is 98.1 Å². The lowest BCUT2D eigenvalue weighted by molar-refractivity contribution is 1.13. The molecule has 298 valence electrons. The van der Waals surface area contributed by atoms with E-state index in [1.165, 1.54) is 104 Å². The highest BCUT2D eigenvalue weighted by molar-refractivity contribution is 7.25. The Labute approximate surface area is 363 Å². The third-order valence-electron chi connectivity index (χ3n) is 11.6. The molecule has 0 radical (unpaired) electrons. The highest BCUT2D eigenvalue weighted by atomic mass is 32.1. The Balaban J connectivity index is 0.00000116. The van der Waals surface area contributed by atoms with Gasteiger partial charge in [0.25, 0.3) is 0 Å². The van der Waals surface area contributed by atoms with Crippen molar-refractivity contribution in [2.75, 3.05) is 0 Å². The van der Waals surface area contributed by atoms with Crippen molar-refractivity contribution >= 4 is 53.3 Å².